The highest BCUT2D eigenvalue weighted by Crippen LogP contribution is 2.22. The molecular weight excluding hydrogens is 340 g/mol. The van der Waals surface area contributed by atoms with Crippen molar-refractivity contribution in [1.82, 2.24) is 10.2 Å². The van der Waals surface area contributed by atoms with Crippen LogP contribution < -0.4 is 10.2 Å². The SMILES string of the molecule is O=C(CN(Cc1ccccc1)c1ccccc1)Nc1n[nH]c2c1COCC2. The Morgan fingerprint density at radius 1 is 1.11 bits per heavy atom. The molecule has 0 spiro atoms. The van der Waals surface area contributed by atoms with Crippen molar-refractivity contribution in [2.75, 3.05) is 23.4 Å². The van der Waals surface area contributed by atoms with E-state index in [1.54, 1.807) is 0 Å². The van der Waals surface area contributed by atoms with Crippen LogP contribution in [0.3, 0.4) is 0 Å². The van der Waals surface area contributed by atoms with Gasteiger partial charge in [0.2, 0.25) is 5.91 Å². The number of aromatic amines is 1. The maximum Gasteiger partial charge on any atom is 0.245 e. The standard InChI is InChI=1S/C21H22N4O2/c26-20(22-21-18-15-27-12-11-19(18)23-24-21)14-25(17-9-5-2-6-10-17)13-16-7-3-1-4-8-16/h1-10H,11-15H2,(H2,22,23,24,26). The molecule has 2 heterocycles. The highest BCUT2D eigenvalue weighted by molar-refractivity contribution is 5.94. The first-order chi connectivity index (χ1) is 13.3. The summed E-state index contributed by atoms with van der Waals surface area (Å²) in [6.07, 6.45) is 0.794. The van der Waals surface area contributed by atoms with E-state index in [9.17, 15) is 4.79 Å². The van der Waals surface area contributed by atoms with Crippen LogP contribution in [-0.2, 0) is 29.1 Å². The Hall–Kier alpha value is -3.12. The summed E-state index contributed by atoms with van der Waals surface area (Å²) < 4.78 is 5.48. The zero-order valence-electron chi connectivity index (χ0n) is 15.0. The van der Waals surface area contributed by atoms with Crippen molar-refractivity contribution in [3.8, 4) is 0 Å². The first-order valence-corrected chi connectivity index (χ1v) is 9.07. The van der Waals surface area contributed by atoms with E-state index < -0.39 is 0 Å². The molecule has 0 unspecified atom stereocenters. The molecule has 0 saturated carbocycles. The molecule has 6 heteroatoms. The Morgan fingerprint density at radius 2 is 1.85 bits per heavy atom. The molecule has 138 valence electrons. The number of carbonyl (C=O) groups is 1. The van der Waals surface area contributed by atoms with Crippen molar-refractivity contribution in [2.45, 2.75) is 19.6 Å². The summed E-state index contributed by atoms with van der Waals surface area (Å²) in [6, 6.07) is 20.1. The lowest BCUT2D eigenvalue weighted by Gasteiger charge is -2.24. The molecule has 3 aromatic rings. The second-order valence-electron chi connectivity index (χ2n) is 6.56. The number of hydrogen-bond acceptors (Lipinski definition) is 4. The van der Waals surface area contributed by atoms with Crippen molar-refractivity contribution >= 4 is 17.4 Å². The number of rotatable bonds is 6. The van der Waals surface area contributed by atoms with E-state index >= 15 is 0 Å². The van der Waals surface area contributed by atoms with Gasteiger partial charge in [0.25, 0.3) is 0 Å². The number of H-pyrrole nitrogens is 1. The van der Waals surface area contributed by atoms with Gasteiger partial charge < -0.3 is 15.0 Å². The average Bonchev–Trinajstić information content (AvgIpc) is 3.12. The van der Waals surface area contributed by atoms with E-state index in [-0.39, 0.29) is 12.5 Å². The molecule has 0 saturated heterocycles. The Morgan fingerprint density at radius 3 is 2.63 bits per heavy atom. The van der Waals surface area contributed by atoms with Gasteiger partial charge in [-0.3, -0.25) is 9.89 Å². The molecule has 2 aromatic carbocycles. The van der Waals surface area contributed by atoms with Crippen LogP contribution in [0.2, 0.25) is 0 Å². The number of nitrogens with zero attached hydrogens (tertiary/aromatic N) is 2. The first kappa shape index (κ1) is 17.3. The van der Waals surface area contributed by atoms with Crippen molar-refractivity contribution < 1.29 is 9.53 Å². The van der Waals surface area contributed by atoms with Gasteiger partial charge in [0, 0.05) is 29.9 Å². The van der Waals surface area contributed by atoms with Crippen LogP contribution in [0.1, 0.15) is 16.8 Å². The molecule has 1 aromatic heterocycles. The molecule has 0 fully saturated rings. The minimum atomic E-state index is -0.102. The fourth-order valence-corrected chi connectivity index (χ4v) is 3.24. The van der Waals surface area contributed by atoms with Gasteiger partial charge in [-0.2, -0.15) is 5.10 Å². The van der Waals surface area contributed by atoms with E-state index in [2.05, 4.69) is 32.5 Å². The maximum absolute atomic E-state index is 12.7. The van der Waals surface area contributed by atoms with E-state index in [0.717, 1.165) is 28.9 Å². The van der Waals surface area contributed by atoms with Crippen LogP contribution in [-0.4, -0.2) is 29.3 Å². The molecule has 4 rings (SSSR count). The smallest absolute Gasteiger partial charge is 0.245 e. The summed E-state index contributed by atoms with van der Waals surface area (Å²) in [5.74, 6) is 0.470. The third kappa shape index (κ3) is 4.17. The van der Waals surface area contributed by atoms with Crippen LogP contribution in [0.15, 0.2) is 60.7 Å². The zero-order valence-corrected chi connectivity index (χ0v) is 15.0. The highest BCUT2D eigenvalue weighted by Gasteiger charge is 2.20. The topological polar surface area (TPSA) is 70.2 Å². The molecular formula is C21H22N4O2. The number of hydrogen-bond donors (Lipinski definition) is 2. The Labute approximate surface area is 158 Å². The van der Waals surface area contributed by atoms with Gasteiger partial charge in [-0.15, -0.1) is 0 Å². The van der Waals surface area contributed by atoms with Gasteiger partial charge in [0.05, 0.1) is 19.8 Å². The van der Waals surface area contributed by atoms with Gasteiger partial charge >= 0.3 is 0 Å². The molecule has 1 aliphatic heterocycles. The summed E-state index contributed by atoms with van der Waals surface area (Å²) in [5.41, 5.74) is 4.15. The molecule has 1 amide bonds. The molecule has 1 aliphatic rings. The first-order valence-electron chi connectivity index (χ1n) is 9.07. The molecule has 2 N–H and O–H groups in total. The lowest BCUT2D eigenvalue weighted by molar-refractivity contribution is -0.115. The molecule has 0 radical (unpaired) electrons. The van der Waals surface area contributed by atoms with Crippen molar-refractivity contribution in [1.29, 1.82) is 0 Å². The Balaban J connectivity index is 1.49. The van der Waals surface area contributed by atoms with E-state index in [4.69, 9.17) is 4.74 Å². The molecule has 6 nitrogen and oxygen atoms in total. The number of amides is 1. The minimum absolute atomic E-state index is 0.102. The number of nitrogens with one attached hydrogen (secondary N) is 2. The summed E-state index contributed by atoms with van der Waals surface area (Å²) in [6.45, 7) is 2.05. The number of carbonyl (C=O) groups excluding carboxylic acids is 1. The molecule has 0 bridgehead atoms. The van der Waals surface area contributed by atoms with E-state index in [1.165, 1.54) is 0 Å². The van der Waals surface area contributed by atoms with Gasteiger partial charge in [0.15, 0.2) is 5.82 Å². The van der Waals surface area contributed by atoms with Gasteiger partial charge in [-0.05, 0) is 17.7 Å². The number of fused-ring (bicyclic) bond motifs is 1. The van der Waals surface area contributed by atoms with Crippen molar-refractivity contribution in [3.05, 3.63) is 77.5 Å². The summed E-state index contributed by atoms with van der Waals surface area (Å²) in [7, 11) is 0. The number of benzene rings is 2. The fraction of sp³-hybridized carbons (Fsp3) is 0.238. The molecule has 0 atom stereocenters. The quantitative estimate of drug-likeness (QED) is 0.707. The van der Waals surface area contributed by atoms with Crippen LogP contribution in [0.5, 0.6) is 0 Å². The lowest BCUT2D eigenvalue weighted by Crippen LogP contribution is -2.33. The predicted octanol–water partition coefficient (Wildman–Crippen LogP) is 3.13. The average molecular weight is 362 g/mol. The van der Waals surface area contributed by atoms with Gasteiger partial charge in [-0.1, -0.05) is 48.5 Å². The zero-order chi connectivity index (χ0) is 18.5. The van der Waals surface area contributed by atoms with Gasteiger partial charge in [0.1, 0.15) is 0 Å². The Bertz CT molecular complexity index is 893. The normalized spacial score (nSPS) is 13.0. The maximum atomic E-state index is 12.7. The number of ether oxygens (including phenoxy) is 1. The van der Waals surface area contributed by atoms with E-state index in [0.29, 0.717) is 25.6 Å². The third-order valence-electron chi connectivity index (χ3n) is 4.63. The second-order valence-corrected chi connectivity index (χ2v) is 6.56. The summed E-state index contributed by atoms with van der Waals surface area (Å²) in [5, 5.41) is 10.2. The van der Waals surface area contributed by atoms with Gasteiger partial charge in [-0.25, -0.2) is 0 Å². The number of aromatic nitrogens is 2. The second kappa shape index (κ2) is 8.05. The predicted molar refractivity (Wildman–Crippen MR) is 105 cm³/mol. The van der Waals surface area contributed by atoms with Crippen LogP contribution in [0.4, 0.5) is 11.5 Å². The fourth-order valence-electron chi connectivity index (χ4n) is 3.24. The third-order valence-corrected chi connectivity index (χ3v) is 4.63. The number of para-hydroxylation sites is 1. The summed E-state index contributed by atoms with van der Waals surface area (Å²) >= 11 is 0. The van der Waals surface area contributed by atoms with Crippen LogP contribution in [0.25, 0.3) is 0 Å². The highest BCUT2D eigenvalue weighted by atomic mass is 16.5. The van der Waals surface area contributed by atoms with Crippen LogP contribution in [0, 0.1) is 0 Å². The molecule has 0 aliphatic carbocycles. The lowest BCUT2D eigenvalue weighted by atomic mass is 10.1. The monoisotopic (exact) mass is 362 g/mol. The van der Waals surface area contributed by atoms with Crippen molar-refractivity contribution in [2.24, 2.45) is 0 Å². The van der Waals surface area contributed by atoms with Crippen LogP contribution >= 0.6 is 0 Å². The number of anilines is 2. The van der Waals surface area contributed by atoms with Crippen molar-refractivity contribution in [3.63, 3.8) is 0 Å². The van der Waals surface area contributed by atoms with E-state index in [1.807, 2.05) is 48.5 Å². The molecule has 27 heavy (non-hydrogen) atoms. The minimum Gasteiger partial charge on any atom is -0.376 e. The Kier molecular flexibility index (Phi) is 5.16. The summed E-state index contributed by atoms with van der Waals surface area (Å²) in [4.78, 5) is 14.8. The largest absolute Gasteiger partial charge is 0.376 e.